The van der Waals surface area contributed by atoms with Gasteiger partial charge in [-0.1, -0.05) is 45.5 Å². The average molecular weight is 407 g/mol. The molecule has 24 heavy (non-hydrogen) atoms. The van der Waals surface area contributed by atoms with E-state index in [9.17, 15) is 4.79 Å². The van der Waals surface area contributed by atoms with Gasteiger partial charge in [-0.25, -0.2) is 0 Å². The van der Waals surface area contributed by atoms with Gasteiger partial charge in [0.15, 0.2) is 0 Å². The van der Waals surface area contributed by atoms with Crippen LogP contribution in [0.1, 0.15) is 10.6 Å². The summed E-state index contributed by atoms with van der Waals surface area (Å²) in [6.45, 7) is 3.14. The Labute approximate surface area is 151 Å². The second-order valence-electron chi connectivity index (χ2n) is 5.70. The Bertz CT molecular complexity index is 898. The van der Waals surface area contributed by atoms with Crippen molar-refractivity contribution >= 4 is 38.1 Å². The van der Waals surface area contributed by atoms with Crippen LogP contribution in [0.15, 0.2) is 28.7 Å². The van der Waals surface area contributed by atoms with Crippen LogP contribution in [0.4, 0.5) is 0 Å². The predicted octanol–water partition coefficient (Wildman–Crippen LogP) is 2.00. The molecule has 1 saturated heterocycles. The highest BCUT2D eigenvalue weighted by Gasteiger charge is 2.26. The Hall–Kier alpha value is -1.84. The summed E-state index contributed by atoms with van der Waals surface area (Å²) in [5.74, 6) is 0.170. The summed E-state index contributed by atoms with van der Waals surface area (Å²) >= 11 is 4.95. The van der Waals surface area contributed by atoms with Crippen LogP contribution in [-0.2, 0) is 0 Å². The lowest BCUT2D eigenvalue weighted by Gasteiger charge is -2.31. The molecule has 0 saturated carbocycles. The van der Waals surface area contributed by atoms with Gasteiger partial charge in [-0.05, 0) is 13.1 Å². The second kappa shape index (κ2) is 6.23. The Morgan fingerprint density at radius 3 is 2.67 bits per heavy atom. The molecule has 0 N–H and O–H groups in total. The lowest BCUT2D eigenvalue weighted by molar-refractivity contribution is 0.0649. The molecule has 1 aromatic carbocycles. The Morgan fingerprint density at radius 2 is 1.92 bits per heavy atom. The number of hydrogen-bond donors (Lipinski definition) is 0. The molecule has 9 heteroatoms. The summed E-state index contributed by atoms with van der Waals surface area (Å²) in [5, 5.41) is 13.5. The van der Waals surface area contributed by atoms with E-state index in [0.29, 0.717) is 18.1 Å². The van der Waals surface area contributed by atoms with Crippen LogP contribution >= 0.6 is 27.3 Å². The zero-order valence-corrected chi connectivity index (χ0v) is 15.4. The van der Waals surface area contributed by atoms with Gasteiger partial charge >= 0.3 is 0 Å². The van der Waals surface area contributed by atoms with Crippen LogP contribution in [0.3, 0.4) is 0 Å². The first-order valence-corrected chi connectivity index (χ1v) is 9.19. The fourth-order valence-electron chi connectivity index (χ4n) is 2.64. The summed E-state index contributed by atoms with van der Waals surface area (Å²) in [6.07, 6.45) is 0. The normalized spacial score (nSPS) is 16.0. The third kappa shape index (κ3) is 2.72. The first-order valence-electron chi connectivity index (χ1n) is 7.58. The van der Waals surface area contributed by atoms with E-state index >= 15 is 0 Å². The minimum absolute atomic E-state index is 0.112. The van der Waals surface area contributed by atoms with Crippen molar-refractivity contribution in [3.8, 4) is 10.6 Å². The summed E-state index contributed by atoms with van der Waals surface area (Å²) in [5.41, 5.74) is 0.978. The van der Waals surface area contributed by atoms with E-state index < -0.39 is 0 Å². The molecule has 3 heterocycles. The zero-order chi connectivity index (χ0) is 16.7. The highest BCUT2D eigenvalue weighted by Crippen LogP contribution is 2.31. The van der Waals surface area contributed by atoms with Gasteiger partial charge in [0, 0.05) is 36.2 Å². The van der Waals surface area contributed by atoms with Crippen LogP contribution in [0.5, 0.6) is 0 Å². The van der Waals surface area contributed by atoms with Gasteiger partial charge in [-0.2, -0.15) is 9.61 Å². The highest BCUT2D eigenvalue weighted by atomic mass is 79.9. The van der Waals surface area contributed by atoms with Crippen LogP contribution in [0, 0.1) is 0 Å². The van der Waals surface area contributed by atoms with Gasteiger partial charge in [-0.3, -0.25) is 4.79 Å². The summed E-state index contributed by atoms with van der Waals surface area (Å²) in [4.78, 5) is 17.4. The number of aromatic nitrogens is 4. The molecule has 0 aliphatic carbocycles. The second-order valence-corrected chi connectivity index (χ2v) is 7.51. The van der Waals surface area contributed by atoms with Gasteiger partial charge in [0.25, 0.3) is 5.91 Å². The number of nitrogens with zero attached hydrogens (tertiary/aromatic N) is 6. The Kier molecular flexibility index (Phi) is 4.07. The largest absolute Gasteiger partial charge is 0.333 e. The molecule has 4 rings (SSSR count). The summed E-state index contributed by atoms with van der Waals surface area (Å²) in [7, 11) is 2.06. The minimum Gasteiger partial charge on any atom is -0.333 e. The average Bonchev–Trinajstić information content (AvgIpc) is 3.16. The van der Waals surface area contributed by atoms with E-state index in [1.54, 1.807) is 4.52 Å². The maximum absolute atomic E-state index is 12.7. The molecule has 0 unspecified atom stereocenters. The lowest BCUT2D eigenvalue weighted by atomic mass is 10.2. The lowest BCUT2D eigenvalue weighted by Crippen LogP contribution is -2.47. The van der Waals surface area contributed by atoms with Gasteiger partial charge in [0.2, 0.25) is 10.8 Å². The predicted molar refractivity (Wildman–Crippen MR) is 95.2 cm³/mol. The molecule has 3 aromatic rings. The van der Waals surface area contributed by atoms with E-state index in [0.717, 1.165) is 28.1 Å². The molecule has 1 aliphatic heterocycles. The topological polar surface area (TPSA) is 66.6 Å². The fraction of sp³-hybridized carbons (Fsp3) is 0.333. The number of benzene rings is 1. The molecule has 0 bridgehead atoms. The van der Waals surface area contributed by atoms with Crippen molar-refractivity contribution in [1.29, 1.82) is 0 Å². The van der Waals surface area contributed by atoms with Crippen molar-refractivity contribution in [3.05, 3.63) is 34.6 Å². The quantitative estimate of drug-likeness (QED) is 0.650. The molecule has 7 nitrogen and oxygen atoms in total. The molecule has 0 atom stereocenters. The van der Waals surface area contributed by atoms with Crippen LogP contribution in [0.25, 0.3) is 15.5 Å². The van der Waals surface area contributed by atoms with Crippen LogP contribution in [0.2, 0.25) is 0 Å². The Morgan fingerprint density at radius 1 is 1.17 bits per heavy atom. The molecule has 1 aliphatic rings. The fourth-order valence-corrected chi connectivity index (χ4v) is 4.13. The highest BCUT2D eigenvalue weighted by molar-refractivity contribution is 9.10. The first-order chi connectivity index (χ1) is 11.6. The van der Waals surface area contributed by atoms with Gasteiger partial charge in [0.05, 0.1) is 0 Å². The third-order valence-electron chi connectivity index (χ3n) is 4.08. The minimum atomic E-state index is -0.112. The van der Waals surface area contributed by atoms with E-state index in [1.807, 2.05) is 29.2 Å². The SMILES string of the molecule is CN1CCN(C(=O)c2nnc3sc(-c4ccccc4Br)nn23)CC1. The zero-order valence-electron chi connectivity index (χ0n) is 13.0. The number of carbonyl (C=O) groups excluding carboxylic acids is 1. The summed E-state index contributed by atoms with van der Waals surface area (Å²) in [6, 6.07) is 7.86. The number of hydrogen-bond acceptors (Lipinski definition) is 6. The van der Waals surface area contributed by atoms with Crippen molar-refractivity contribution in [3.63, 3.8) is 0 Å². The van der Waals surface area contributed by atoms with E-state index in [-0.39, 0.29) is 11.7 Å². The molecular formula is C15H15BrN6OS. The van der Waals surface area contributed by atoms with Crippen molar-refractivity contribution in [2.75, 3.05) is 33.2 Å². The smallest absolute Gasteiger partial charge is 0.293 e. The molecular weight excluding hydrogens is 392 g/mol. The molecule has 124 valence electrons. The maximum atomic E-state index is 12.7. The number of likely N-dealkylation sites (N-methyl/N-ethyl adjacent to an activating group) is 1. The monoisotopic (exact) mass is 406 g/mol. The molecule has 0 radical (unpaired) electrons. The standard InChI is InChI=1S/C15H15BrN6OS/c1-20-6-8-21(9-7-20)14(23)12-17-18-15-22(12)19-13(24-15)10-4-2-3-5-11(10)16/h2-5H,6-9H2,1H3. The van der Waals surface area contributed by atoms with Gasteiger partial charge in [-0.15, -0.1) is 10.2 Å². The number of carbonyl (C=O) groups is 1. The first kappa shape index (κ1) is 15.7. The van der Waals surface area contributed by atoms with Crippen molar-refractivity contribution in [1.82, 2.24) is 29.6 Å². The van der Waals surface area contributed by atoms with Crippen LogP contribution in [-0.4, -0.2) is 68.7 Å². The number of halogens is 1. The third-order valence-corrected chi connectivity index (χ3v) is 5.70. The Balaban J connectivity index is 1.68. The summed E-state index contributed by atoms with van der Waals surface area (Å²) < 4.78 is 2.52. The van der Waals surface area contributed by atoms with E-state index in [4.69, 9.17) is 0 Å². The molecule has 2 aromatic heterocycles. The van der Waals surface area contributed by atoms with E-state index in [2.05, 4.69) is 43.2 Å². The molecule has 1 fully saturated rings. The van der Waals surface area contributed by atoms with Crippen molar-refractivity contribution in [2.24, 2.45) is 0 Å². The van der Waals surface area contributed by atoms with Gasteiger partial charge in [0.1, 0.15) is 5.01 Å². The van der Waals surface area contributed by atoms with Gasteiger partial charge < -0.3 is 9.80 Å². The number of fused-ring (bicyclic) bond motifs is 1. The van der Waals surface area contributed by atoms with Crippen molar-refractivity contribution < 1.29 is 4.79 Å². The number of rotatable bonds is 2. The van der Waals surface area contributed by atoms with E-state index in [1.165, 1.54) is 11.3 Å². The molecule has 0 spiro atoms. The molecule has 1 amide bonds. The maximum Gasteiger partial charge on any atom is 0.293 e. The van der Waals surface area contributed by atoms with Crippen LogP contribution < -0.4 is 0 Å². The number of amides is 1. The number of piperazine rings is 1. The van der Waals surface area contributed by atoms with Crippen molar-refractivity contribution in [2.45, 2.75) is 0 Å².